The molecule has 4 rings (SSSR count). The molecule has 56 heavy (non-hydrogen) atoms. The maximum absolute atomic E-state index is 12.5. The fraction of sp³-hybridized carbons (Fsp3) is 0.316. The fourth-order valence-electron chi connectivity index (χ4n) is 4.49. The van der Waals surface area contributed by atoms with Crippen LogP contribution in [0.15, 0.2) is 80.6 Å². The molecule has 1 unspecified atom stereocenters. The van der Waals surface area contributed by atoms with Crippen molar-refractivity contribution in [3.63, 3.8) is 0 Å². The van der Waals surface area contributed by atoms with E-state index >= 15 is 0 Å². The van der Waals surface area contributed by atoms with Gasteiger partial charge in [0.15, 0.2) is 24.5 Å². The summed E-state index contributed by atoms with van der Waals surface area (Å²) < 4.78 is 20.0. The summed E-state index contributed by atoms with van der Waals surface area (Å²) in [4.78, 5) is 93.9. The van der Waals surface area contributed by atoms with E-state index in [-0.39, 0.29) is 11.1 Å². The first-order valence-corrected chi connectivity index (χ1v) is 17.4. The number of hydrogen-bond acceptors (Lipinski definition) is 16. The number of ether oxygens (including phenoxy) is 2. The van der Waals surface area contributed by atoms with Gasteiger partial charge in [0.2, 0.25) is 22.9 Å². The molecule has 2 aromatic carbocycles. The Bertz CT molecular complexity index is 2110. The Morgan fingerprint density at radius 2 is 1.16 bits per heavy atom. The van der Waals surface area contributed by atoms with E-state index in [9.17, 15) is 38.6 Å². The van der Waals surface area contributed by atoms with Crippen LogP contribution in [0.4, 0.5) is 11.4 Å². The van der Waals surface area contributed by atoms with Crippen LogP contribution in [-0.2, 0) is 41.7 Å². The zero-order chi connectivity index (χ0) is 41.8. The molecule has 18 heteroatoms. The van der Waals surface area contributed by atoms with Gasteiger partial charge in [-0.25, -0.2) is 9.59 Å². The van der Waals surface area contributed by atoms with Gasteiger partial charge in [0, 0.05) is 34.3 Å². The molecular weight excluding hydrogens is 775 g/mol. The number of halogens is 2. The van der Waals surface area contributed by atoms with Crippen molar-refractivity contribution in [3.8, 4) is 0 Å². The van der Waals surface area contributed by atoms with Crippen LogP contribution in [0, 0.1) is 23.7 Å². The largest absolute Gasteiger partial charge is 0.472 e. The highest BCUT2D eigenvalue weighted by Gasteiger charge is 2.40. The van der Waals surface area contributed by atoms with Crippen molar-refractivity contribution in [2.45, 2.75) is 65.7 Å². The molecule has 0 bridgehead atoms. The Balaban J connectivity index is 0.000000300. The van der Waals surface area contributed by atoms with Crippen molar-refractivity contribution < 1.29 is 47.1 Å². The summed E-state index contributed by atoms with van der Waals surface area (Å²) in [6.45, 7) is 7.19. The quantitative estimate of drug-likeness (QED) is 0.0432. The number of Topliss-reactive ketones (excluding diaryl/α,β-unsaturated/α-hetero) is 4. The first kappa shape index (κ1) is 44.4. The number of furan rings is 2. The number of ketones is 4. The molecular formula is C38H38Cl2N4O12. The summed E-state index contributed by atoms with van der Waals surface area (Å²) in [6.07, 6.45) is 6.14. The molecule has 1 atom stereocenters. The Hall–Kier alpha value is -6.00. The van der Waals surface area contributed by atoms with E-state index in [0.717, 1.165) is 25.0 Å². The molecule has 2 aromatic heterocycles. The number of nitrogens with zero attached hydrogens (tertiary/aromatic N) is 2. The number of carbonyl (C=O) groups is 6. The summed E-state index contributed by atoms with van der Waals surface area (Å²) in [5.74, 6) is -5.29. The lowest BCUT2D eigenvalue weighted by atomic mass is 9.94. The van der Waals surface area contributed by atoms with Crippen LogP contribution in [0.1, 0.15) is 70.7 Å². The molecule has 0 spiro atoms. The number of esters is 2. The molecule has 0 saturated heterocycles. The van der Waals surface area contributed by atoms with E-state index in [2.05, 4.69) is 21.0 Å². The van der Waals surface area contributed by atoms with Gasteiger partial charge in [-0.15, -0.1) is 9.81 Å². The Morgan fingerprint density at radius 1 is 0.714 bits per heavy atom. The van der Waals surface area contributed by atoms with Gasteiger partial charge in [0.25, 0.3) is 0 Å². The average molecular weight is 814 g/mol. The van der Waals surface area contributed by atoms with Gasteiger partial charge >= 0.3 is 11.9 Å². The molecule has 0 aliphatic rings. The van der Waals surface area contributed by atoms with Crippen LogP contribution in [-0.4, -0.2) is 59.4 Å². The zero-order valence-electron chi connectivity index (χ0n) is 31.2. The average Bonchev–Trinajstić information content (AvgIpc) is 3.91. The van der Waals surface area contributed by atoms with Crippen molar-refractivity contribution in [3.05, 3.63) is 115 Å². The van der Waals surface area contributed by atoms with Crippen LogP contribution in [0.5, 0.6) is 0 Å². The lowest BCUT2D eigenvalue weighted by Gasteiger charge is -2.17. The molecule has 0 saturated carbocycles. The first-order valence-electron chi connectivity index (χ1n) is 16.6. The first-order chi connectivity index (χ1) is 26.3. The van der Waals surface area contributed by atoms with Crippen LogP contribution in [0.3, 0.4) is 0 Å². The third kappa shape index (κ3) is 11.5. The second kappa shape index (κ2) is 19.5. The Labute approximate surface area is 330 Å². The maximum atomic E-state index is 12.5. The zero-order valence-corrected chi connectivity index (χ0v) is 32.7. The number of nitrogens with one attached hydrogen (secondary N) is 2. The minimum Gasteiger partial charge on any atom is -0.472 e. The van der Waals surface area contributed by atoms with Gasteiger partial charge in [-0.2, -0.15) is 0 Å². The molecule has 0 aliphatic carbocycles. The summed E-state index contributed by atoms with van der Waals surface area (Å²) in [5, 5.41) is 12.2. The number of hydrogen-bond donors (Lipinski definition) is 2. The predicted molar refractivity (Wildman–Crippen MR) is 205 cm³/mol. The standard InChI is InChI=1S/2C19H19ClN2O6/c1-11-6-13(15(7-14(11)20)21-8-12-4-5-27-9-12)18(25)28-10-16(23)17(24)19(2,3)22-26;1-11-6-14(16(7-15(11)20)21-8-13-4-5-27-9-13)18(25)28-10-17(24)19(3,22-26)12(2)23/h2*4-7,9,21H,8,10H2,1-3H3. The third-order valence-electron chi connectivity index (χ3n) is 8.28. The highest BCUT2D eigenvalue weighted by molar-refractivity contribution is 6.41. The SMILES string of the molecule is CC(=O)C(C)(N=O)C(=O)COC(=O)c1cc(C)c(Cl)cc1NCc1ccoc1.Cc1cc(C(=O)OCC(=O)C(=O)C(C)(C)N=O)c(NCc2ccoc2)cc1Cl. The van der Waals surface area contributed by atoms with E-state index in [1.54, 1.807) is 50.6 Å². The summed E-state index contributed by atoms with van der Waals surface area (Å²) in [6, 6.07) is 9.70. The fourth-order valence-corrected chi connectivity index (χ4v) is 4.82. The van der Waals surface area contributed by atoms with Gasteiger partial charge in [0.1, 0.15) is 0 Å². The monoisotopic (exact) mass is 812 g/mol. The lowest BCUT2D eigenvalue weighted by Crippen LogP contribution is -2.42. The maximum Gasteiger partial charge on any atom is 0.340 e. The topological polar surface area (TPSA) is 230 Å². The Morgan fingerprint density at radius 3 is 1.54 bits per heavy atom. The molecule has 16 nitrogen and oxygen atoms in total. The smallest absolute Gasteiger partial charge is 0.340 e. The number of carbonyl (C=O) groups excluding carboxylic acids is 6. The second-order valence-electron chi connectivity index (χ2n) is 13.0. The number of benzene rings is 2. The van der Waals surface area contributed by atoms with Crippen molar-refractivity contribution in [1.29, 1.82) is 0 Å². The molecule has 296 valence electrons. The summed E-state index contributed by atoms with van der Waals surface area (Å²) >= 11 is 12.3. The van der Waals surface area contributed by atoms with Crippen LogP contribution >= 0.6 is 23.2 Å². The third-order valence-corrected chi connectivity index (χ3v) is 9.09. The van der Waals surface area contributed by atoms with E-state index < -0.39 is 59.4 Å². The summed E-state index contributed by atoms with van der Waals surface area (Å²) in [5.41, 5.74) is 0.276. The van der Waals surface area contributed by atoms with Gasteiger partial charge in [-0.05, 0) is 94.2 Å². The molecule has 0 fully saturated rings. The van der Waals surface area contributed by atoms with E-state index in [4.69, 9.17) is 41.5 Å². The van der Waals surface area contributed by atoms with Crippen molar-refractivity contribution in [1.82, 2.24) is 0 Å². The minimum absolute atomic E-state index is 0.151. The Kier molecular flexibility index (Phi) is 15.5. The van der Waals surface area contributed by atoms with E-state index in [0.29, 0.717) is 45.6 Å². The minimum atomic E-state index is -2.08. The van der Waals surface area contributed by atoms with Crippen LogP contribution < -0.4 is 10.6 Å². The number of rotatable bonds is 18. The highest BCUT2D eigenvalue weighted by atomic mass is 35.5. The summed E-state index contributed by atoms with van der Waals surface area (Å²) in [7, 11) is 0. The van der Waals surface area contributed by atoms with Gasteiger partial charge in [-0.1, -0.05) is 28.4 Å². The van der Waals surface area contributed by atoms with Gasteiger partial charge in [-0.3, -0.25) is 19.2 Å². The van der Waals surface area contributed by atoms with Crippen molar-refractivity contribution in [2.24, 2.45) is 10.4 Å². The lowest BCUT2D eigenvalue weighted by molar-refractivity contribution is -0.140. The molecule has 0 aliphatic heterocycles. The van der Waals surface area contributed by atoms with E-state index in [1.165, 1.54) is 38.5 Å². The van der Waals surface area contributed by atoms with Gasteiger partial charge in [0.05, 0.1) is 47.6 Å². The second-order valence-corrected chi connectivity index (χ2v) is 13.8. The number of anilines is 2. The number of aryl methyl sites for hydroxylation is 2. The number of nitroso groups, excluding NO2 is 2. The molecule has 2 N–H and O–H groups in total. The predicted octanol–water partition coefficient (Wildman–Crippen LogP) is 7.39. The van der Waals surface area contributed by atoms with Gasteiger partial charge < -0.3 is 28.9 Å². The molecule has 0 amide bonds. The normalized spacial score (nSPS) is 11.9. The molecule has 4 aromatic rings. The highest BCUT2D eigenvalue weighted by Crippen LogP contribution is 2.28. The molecule has 2 heterocycles. The van der Waals surface area contributed by atoms with Crippen LogP contribution in [0.25, 0.3) is 0 Å². The van der Waals surface area contributed by atoms with Crippen molar-refractivity contribution in [2.75, 3.05) is 23.8 Å². The van der Waals surface area contributed by atoms with E-state index in [1.807, 2.05) is 0 Å². The van der Waals surface area contributed by atoms with Crippen molar-refractivity contribution >= 4 is 69.6 Å². The van der Waals surface area contributed by atoms with Crippen LogP contribution in [0.2, 0.25) is 10.0 Å². The molecule has 0 radical (unpaired) electrons.